The highest BCUT2D eigenvalue weighted by atomic mass is 16.6. The third-order valence-electron chi connectivity index (χ3n) is 4.56. The molecule has 21 heavy (non-hydrogen) atoms. The van der Waals surface area contributed by atoms with Crippen LogP contribution in [0.5, 0.6) is 0 Å². The summed E-state index contributed by atoms with van der Waals surface area (Å²) in [5.74, 6) is 0. The van der Waals surface area contributed by atoms with Gasteiger partial charge in [0.05, 0.1) is 25.9 Å². The summed E-state index contributed by atoms with van der Waals surface area (Å²) in [6.45, 7) is 5.34. The summed E-state index contributed by atoms with van der Waals surface area (Å²) in [5, 5.41) is 3.66. The van der Waals surface area contributed by atoms with Crippen LogP contribution in [0.15, 0.2) is 18.2 Å². The van der Waals surface area contributed by atoms with E-state index in [1.807, 2.05) is 0 Å². The van der Waals surface area contributed by atoms with Gasteiger partial charge in [0, 0.05) is 0 Å². The minimum absolute atomic E-state index is 0.131. The molecule has 0 radical (unpaired) electrons. The first kappa shape index (κ1) is 15.0. The Balaban J connectivity index is 1.80. The average molecular weight is 289 g/mol. The van der Waals surface area contributed by atoms with Gasteiger partial charge in [0.25, 0.3) is 0 Å². The van der Waals surface area contributed by atoms with E-state index in [0.717, 1.165) is 19.6 Å². The van der Waals surface area contributed by atoms with Crippen molar-refractivity contribution in [1.82, 2.24) is 5.32 Å². The number of hydrogen-bond donors (Lipinski definition) is 1. The van der Waals surface area contributed by atoms with Crippen molar-refractivity contribution in [2.24, 2.45) is 0 Å². The van der Waals surface area contributed by atoms with Crippen LogP contribution in [0.25, 0.3) is 0 Å². The van der Waals surface area contributed by atoms with E-state index in [-0.39, 0.29) is 12.1 Å². The van der Waals surface area contributed by atoms with Crippen LogP contribution in [0.3, 0.4) is 0 Å². The number of ether oxygens (including phenoxy) is 2. The summed E-state index contributed by atoms with van der Waals surface area (Å²) in [6, 6.07) is 7.26. The number of aryl methyl sites for hydroxylation is 2. The second kappa shape index (κ2) is 7.39. The molecule has 1 aromatic rings. The molecule has 0 spiro atoms. The van der Waals surface area contributed by atoms with Gasteiger partial charge in [0.15, 0.2) is 0 Å². The maximum atomic E-state index is 5.95. The summed E-state index contributed by atoms with van der Waals surface area (Å²) in [5.41, 5.74) is 4.44. The Morgan fingerprint density at radius 2 is 2.05 bits per heavy atom. The van der Waals surface area contributed by atoms with Crippen molar-refractivity contribution in [1.29, 1.82) is 0 Å². The quantitative estimate of drug-likeness (QED) is 0.904. The molecule has 3 rings (SSSR count). The van der Waals surface area contributed by atoms with Crippen molar-refractivity contribution in [3.63, 3.8) is 0 Å². The molecule has 3 heteroatoms. The molecule has 0 aromatic heterocycles. The number of hydrogen-bond acceptors (Lipinski definition) is 3. The van der Waals surface area contributed by atoms with Gasteiger partial charge >= 0.3 is 0 Å². The third-order valence-corrected chi connectivity index (χ3v) is 4.56. The van der Waals surface area contributed by atoms with E-state index >= 15 is 0 Å². The smallest absolute Gasteiger partial charge is 0.100 e. The zero-order chi connectivity index (χ0) is 14.5. The van der Waals surface area contributed by atoms with Crippen LogP contribution < -0.4 is 5.32 Å². The van der Waals surface area contributed by atoms with E-state index in [0.29, 0.717) is 13.2 Å². The Kier molecular flexibility index (Phi) is 5.28. The monoisotopic (exact) mass is 289 g/mol. The molecular weight excluding hydrogens is 262 g/mol. The van der Waals surface area contributed by atoms with Crippen LogP contribution in [-0.4, -0.2) is 32.5 Å². The summed E-state index contributed by atoms with van der Waals surface area (Å²) in [7, 11) is 0. The number of nitrogens with one attached hydrogen (secondary N) is 1. The summed E-state index contributed by atoms with van der Waals surface area (Å²) < 4.78 is 11.6. The Morgan fingerprint density at radius 3 is 2.81 bits per heavy atom. The van der Waals surface area contributed by atoms with Gasteiger partial charge in [-0.25, -0.2) is 0 Å². The van der Waals surface area contributed by atoms with Crippen molar-refractivity contribution in [3.05, 3.63) is 34.9 Å². The van der Waals surface area contributed by atoms with Crippen molar-refractivity contribution < 1.29 is 9.47 Å². The molecule has 1 saturated heterocycles. The Morgan fingerprint density at radius 1 is 1.19 bits per heavy atom. The van der Waals surface area contributed by atoms with Gasteiger partial charge in [-0.1, -0.05) is 25.1 Å². The van der Waals surface area contributed by atoms with Crippen molar-refractivity contribution >= 4 is 0 Å². The fourth-order valence-electron chi connectivity index (χ4n) is 3.41. The molecule has 116 valence electrons. The zero-order valence-electron chi connectivity index (χ0n) is 13.1. The minimum atomic E-state index is 0.131. The molecule has 1 N–H and O–H groups in total. The molecule has 0 saturated carbocycles. The lowest BCUT2D eigenvalue weighted by molar-refractivity contribution is -0.102. The van der Waals surface area contributed by atoms with E-state index in [1.54, 1.807) is 11.1 Å². The van der Waals surface area contributed by atoms with Crippen LogP contribution in [0.2, 0.25) is 0 Å². The first-order valence-electron chi connectivity index (χ1n) is 8.43. The van der Waals surface area contributed by atoms with Crippen molar-refractivity contribution in [2.75, 3.05) is 26.4 Å². The van der Waals surface area contributed by atoms with Crippen LogP contribution in [0.4, 0.5) is 0 Å². The highest BCUT2D eigenvalue weighted by Crippen LogP contribution is 2.27. The van der Waals surface area contributed by atoms with Gasteiger partial charge in [-0.2, -0.15) is 0 Å². The number of fused-ring (bicyclic) bond motifs is 1. The molecule has 0 bridgehead atoms. The van der Waals surface area contributed by atoms with Gasteiger partial charge in [0.1, 0.15) is 6.10 Å². The van der Waals surface area contributed by atoms with E-state index < -0.39 is 0 Å². The highest BCUT2D eigenvalue weighted by Gasteiger charge is 2.26. The van der Waals surface area contributed by atoms with Gasteiger partial charge in [-0.15, -0.1) is 0 Å². The van der Waals surface area contributed by atoms with Crippen LogP contribution in [-0.2, 0) is 22.3 Å². The van der Waals surface area contributed by atoms with Crippen LogP contribution >= 0.6 is 0 Å². The molecule has 1 heterocycles. The molecule has 2 unspecified atom stereocenters. The fourth-order valence-corrected chi connectivity index (χ4v) is 3.41. The number of rotatable bonds is 5. The Labute approximate surface area is 128 Å². The molecular formula is C18H27NO2. The summed E-state index contributed by atoms with van der Waals surface area (Å²) in [6.07, 6.45) is 6.40. The lowest BCUT2D eigenvalue weighted by Gasteiger charge is -2.32. The van der Waals surface area contributed by atoms with E-state index in [9.17, 15) is 0 Å². The molecule has 1 aromatic carbocycles. The zero-order valence-corrected chi connectivity index (χ0v) is 13.1. The first-order valence-corrected chi connectivity index (χ1v) is 8.43. The average Bonchev–Trinajstić information content (AvgIpc) is 2.56. The molecule has 2 aliphatic rings. The highest BCUT2D eigenvalue weighted by molar-refractivity contribution is 5.35. The lowest BCUT2D eigenvalue weighted by atomic mass is 9.88. The lowest BCUT2D eigenvalue weighted by Crippen LogP contribution is -2.41. The predicted octanol–water partition coefficient (Wildman–Crippen LogP) is 3.02. The third kappa shape index (κ3) is 3.65. The maximum Gasteiger partial charge on any atom is 0.100 e. The minimum Gasteiger partial charge on any atom is -0.376 e. The van der Waals surface area contributed by atoms with Gasteiger partial charge in [0.2, 0.25) is 0 Å². The second-order valence-electron chi connectivity index (χ2n) is 6.15. The molecule has 1 fully saturated rings. The van der Waals surface area contributed by atoms with Crippen molar-refractivity contribution in [3.8, 4) is 0 Å². The van der Waals surface area contributed by atoms with E-state index in [2.05, 4.69) is 30.4 Å². The summed E-state index contributed by atoms with van der Waals surface area (Å²) in [4.78, 5) is 0. The largest absolute Gasteiger partial charge is 0.376 e. The molecule has 3 nitrogen and oxygen atoms in total. The van der Waals surface area contributed by atoms with Crippen LogP contribution in [0.1, 0.15) is 48.9 Å². The molecule has 2 atom stereocenters. The Hall–Kier alpha value is -0.900. The van der Waals surface area contributed by atoms with Gasteiger partial charge in [-0.3, -0.25) is 0 Å². The number of benzene rings is 1. The predicted molar refractivity (Wildman–Crippen MR) is 84.7 cm³/mol. The van der Waals surface area contributed by atoms with Gasteiger partial charge < -0.3 is 14.8 Å². The summed E-state index contributed by atoms with van der Waals surface area (Å²) >= 11 is 0. The molecule has 1 aliphatic heterocycles. The maximum absolute atomic E-state index is 5.95. The van der Waals surface area contributed by atoms with E-state index in [4.69, 9.17) is 9.47 Å². The second-order valence-corrected chi connectivity index (χ2v) is 6.15. The van der Waals surface area contributed by atoms with Gasteiger partial charge in [-0.05, 0) is 55.3 Å². The van der Waals surface area contributed by atoms with Crippen LogP contribution in [0, 0.1) is 0 Å². The fraction of sp³-hybridized carbons (Fsp3) is 0.667. The SMILES string of the molecule is CCCNC(c1ccc2c(c1)CCCC2)C1COCCO1. The van der Waals surface area contributed by atoms with E-state index in [1.165, 1.54) is 31.2 Å². The van der Waals surface area contributed by atoms with Crippen molar-refractivity contribution in [2.45, 2.75) is 51.2 Å². The molecule has 0 amide bonds. The first-order chi connectivity index (χ1) is 10.4. The normalized spacial score (nSPS) is 23.6. The topological polar surface area (TPSA) is 30.5 Å². The standard InChI is InChI=1S/C18H27NO2/c1-2-9-19-18(17-13-20-10-11-21-17)16-8-7-14-5-3-4-6-15(14)12-16/h7-8,12,17-19H,2-6,9-11,13H2,1H3. The Bertz CT molecular complexity index is 455. The molecule has 1 aliphatic carbocycles.